The number of amides is 2. The first-order chi connectivity index (χ1) is 15.5. The Labute approximate surface area is 186 Å². The van der Waals surface area contributed by atoms with Gasteiger partial charge in [0.2, 0.25) is 0 Å². The van der Waals surface area contributed by atoms with Gasteiger partial charge in [-0.1, -0.05) is 25.1 Å². The number of carbonyl (C=O) groups is 2. The fourth-order valence-corrected chi connectivity index (χ4v) is 3.62. The molecule has 0 fully saturated rings. The van der Waals surface area contributed by atoms with Crippen LogP contribution in [-0.4, -0.2) is 30.9 Å². The minimum absolute atomic E-state index is 0.0431. The maximum atomic E-state index is 13.4. The van der Waals surface area contributed by atoms with Crippen molar-refractivity contribution in [3.63, 3.8) is 0 Å². The van der Waals surface area contributed by atoms with Crippen LogP contribution >= 0.6 is 0 Å². The zero-order valence-electron chi connectivity index (χ0n) is 18.2. The number of aryl methyl sites for hydroxylation is 1. The van der Waals surface area contributed by atoms with Crippen molar-refractivity contribution < 1.29 is 23.5 Å². The van der Waals surface area contributed by atoms with E-state index in [2.05, 4.69) is 12.2 Å². The molecule has 7 heteroatoms. The van der Waals surface area contributed by atoms with Crippen LogP contribution < -0.4 is 14.8 Å². The molecule has 1 aromatic heterocycles. The van der Waals surface area contributed by atoms with E-state index in [0.717, 1.165) is 12.1 Å². The van der Waals surface area contributed by atoms with Crippen LogP contribution in [0.5, 0.6) is 11.5 Å². The second-order valence-electron chi connectivity index (χ2n) is 7.27. The molecular formula is C25H24N2O5. The highest BCUT2D eigenvalue weighted by Crippen LogP contribution is 2.36. The highest BCUT2D eigenvalue weighted by Gasteiger charge is 2.40. The highest BCUT2D eigenvalue weighted by molar-refractivity contribution is 6.36. The molecule has 0 atom stereocenters. The van der Waals surface area contributed by atoms with E-state index in [0.29, 0.717) is 22.8 Å². The molecule has 1 aliphatic heterocycles. The maximum Gasteiger partial charge on any atom is 0.278 e. The lowest BCUT2D eigenvalue weighted by atomic mass is 10.0. The van der Waals surface area contributed by atoms with E-state index in [1.165, 1.54) is 23.8 Å². The summed E-state index contributed by atoms with van der Waals surface area (Å²) < 4.78 is 16.1. The number of hydrogen-bond donors (Lipinski definition) is 1. The molecule has 0 spiro atoms. The van der Waals surface area contributed by atoms with Gasteiger partial charge in [0.15, 0.2) is 11.5 Å². The topological polar surface area (TPSA) is 81.0 Å². The van der Waals surface area contributed by atoms with Gasteiger partial charge in [-0.05, 0) is 53.9 Å². The number of furan rings is 1. The summed E-state index contributed by atoms with van der Waals surface area (Å²) in [5, 5.41) is 3.16. The number of ether oxygens (including phenoxy) is 2. The minimum atomic E-state index is -0.421. The summed E-state index contributed by atoms with van der Waals surface area (Å²) in [5.74, 6) is 0.688. The van der Waals surface area contributed by atoms with E-state index in [1.807, 2.05) is 24.3 Å². The molecule has 0 radical (unpaired) electrons. The van der Waals surface area contributed by atoms with Crippen LogP contribution in [0, 0.1) is 0 Å². The van der Waals surface area contributed by atoms with E-state index in [9.17, 15) is 9.59 Å². The third-order valence-corrected chi connectivity index (χ3v) is 5.37. The second-order valence-corrected chi connectivity index (χ2v) is 7.27. The standard InChI is InChI=1S/C25H24N2O5/c1-4-16-7-10-18(11-8-16)26-23-22(17-9-12-20(30-2)21(14-17)31-3)24(28)27(25(23)29)15-19-6-5-13-32-19/h5-14,26H,4,15H2,1-3H3. The molecule has 4 rings (SSSR count). The number of nitrogens with one attached hydrogen (secondary N) is 1. The van der Waals surface area contributed by atoms with Gasteiger partial charge in [-0.2, -0.15) is 0 Å². The molecule has 7 nitrogen and oxygen atoms in total. The Hall–Kier alpha value is -4.00. The number of imide groups is 1. The number of hydrogen-bond acceptors (Lipinski definition) is 6. The normalized spacial score (nSPS) is 13.7. The molecule has 2 heterocycles. The van der Waals surface area contributed by atoms with Crippen molar-refractivity contribution in [2.75, 3.05) is 19.5 Å². The molecular weight excluding hydrogens is 408 g/mol. The van der Waals surface area contributed by atoms with Gasteiger partial charge < -0.3 is 19.2 Å². The van der Waals surface area contributed by atoms with E-state index in [-0.39, 0.29) is 17.8 Å². The number of anilines is 1. The Morgan fingerprint density at radius 1 is 0.938 bits per heavy atom. The second kappa shape index (κ2) is 9.01. The monoisotopic (exact) mass is 432 g/mol. The lowest BCUT2D eigenvalue weighted by Gasteiger charge is -2.14. The van der Waals surface area contributed by atoms with Gasteiger partial charge in [-0.3, -0.25) is 14.5 Å². The first kappa shape index (κ1) is 21.2. The van der Waals surface area contributed by atoms with Crippen molar-refractivity contribution in [2.45, 2.75) is 19.9 Å². The molecule has 0 unspecified atom stereocenters. The molecule has 1 N–H and O–H groups in total. The Balaban J connectivity index is 1.77. The van der Waals surface area contributed by atoms with Crippen molar-refractivity contribution in [2.24, 2.45) is 0 Å². The van der Waals surface area contributed by atoms with Gasteiger partial charge in [-0.15, -0.1) is 0 Å². The molecule has 2 amide bonds. The number of rotatable bonds is 8. The van der Waals surface area contributed by atoms with Crippen molar-refractivity contribution in [1.82, 2.24) is 4.90 Å². The number of nitrogens with zero attached hydrogens (tertiary/aromatic N) is 1. The predicted octanol–water partition coefficient (Wildman–Crippen LogP) is 4.25. The smallest absolute Gasteiger partial charge is 0.278 e. The van der Waals surface area contributed by atoms with Crippen molar-refractivity contribution in [3.05, 3.63) is 83.4 Å². The van der Waals surface area contributed by atoms with Crippen LogP contribution in [0.1, 0.15) is 23.8 Å². The van der Waals surface area contributed by atoms with Crippen LogP contribution in [-0.2, 0) is 22.6 Å². The third kappa shape index (κ3) is 3.97. The SMILES string of the molecule is CCc1ccc(NC2=C(c3ccc(OC)c(OC)c3)C(=O)N(Cc3ccco3)C2=O)cc1. The molecule has 3 aromatic rings. The van der Waals surface area contributed by atoms with Gasteiger partial charge in [0.1, 0.15) is 11.5 Å². The summed E-state index contributed by atoms with van der Waals surface area (Å²) in [6, 6.07) is 16.3. The number of methoxy groups -OCH3 is 2. The molecule has 1 aliphatic rings. The van der Waals surface area contributed by atoms with Crippen LogP contribution in [0.3, 0.4) is 0 Å². The van der Waals surface area contributed by atoms with Crippen LogP contribution in [0.25, 0.3) is 5.57 Å². The van der Waals surface area contributed by atoms with E-state index in [4.69, 9.17) is 13.9 Å². The summed E-state index contributed by atoms with van der Waals surface area (Å²) in [6.07, 6.45) is 2.42. The van der Waals surface area contributed by atoms with Crippen LogP contribution in [0.4, 0.5) is 5.69 Å². The summed E-state index contributed by atoms with van der Waals surface area (Å²) in [6.45, 7) is 2.12. The molecule has 0 saturated heterocycles. The van der Waals surface area contributed by atoms with E-state index < -0.39 is 11.8 Å². The highest BCUT2D eigenvalue weighted by atomic mass is 16.5. The fraction of sp³-hybridized carbons (Fsp3) is 0.200. The Kier molecular flexibility index (Phi) is 5.98. The lowest BCUT2D eigenvalue weighted by molar-refractivity contribution is -0.137. The molecule has 164 valence electrons. The first-order valence-electron chi connectivity index (χ1n) is 10.3. The van der Waals surface area contributed by atoms with Gasteiger partial charge in [0.25, 0.3) is 11.8 Å². The fourth-order valence-electron chi connectivity index (χ4n) is 3.62. The number of benzene rings is 2. The largest absolute Gasteiger partial charge is 0.493 e. The summed E-state index contributed by atoms with van der Waals surface area (Å²) >= 11 is 0. The minimum Gasteiger partial charge on any atom is -0.493 e. The average molecular weight is 432 g/mol. The van der Waals surface area contributed by atoms with E-state index in [1.54, 1.807) is 37.4 Å². The predicted molar refractivity (Wildman–Crippen MR) is 120 cm³/mol. The molecule has 0 bridgehead atoms. The van der Waals surface area contributed by atoms with Crippen LogP contribution in [0.2, 0.25) is 0 Å². The van der Waals surface area contributed by atoms with Crippen molar-refractivity contribution >= 4 is 23.1 Å². The van der Waals surface area contributed by atoms with E-state index >= 15 is 0 Å². The molecule has 32 heavy (non-hydrogen) atoms. The van der Waals surface area contributed by atoms with Gasteiger partial charge in [0, 0.05) is 5.69 Å². The Bertz CT molecular complexity index is 1160. The molecule has 0 aliphatic carbocycles. The van der Waals surface area contributed by atoms with Gasteiger partial charge in [-0.25, -0.2) is 0 Å². The zero-order chi connectivity index (χ0) is 22.7. The zero-order valence-corrected chi connectivity index (χ0v) is 18.2. The molecule has 0 saturated carbocycles. The molecule has 2 aromatic carbocycles. The van der Waals surface area contributed by atoms with Gasteiger partial charge in [0.05, 0.1) is 32.6 Å². The van der Waals surface area contributed by atoms with Gasteiger partial charge >= 0.3 is 0 Å². The number of carbonyl (C=O) groups excluding carboxylic acids is 2. The summed E-state index contributed by atoms with van der Waals surface area (Å²) in [4.78, 5) is 27.9. The maximum absolute atomic E-state index is 13.4. The Morgan fingerprint density at radius 2 is 1.69 bits per heavy atom. The summed E-state index contributed by atoms with van der Waals surface area (Å²) in [7, 11) is 3.06. The average Bonchev–Trinajstić information content (AvgIpc) is 3.42. The lowest BCUT2D eigenvalue weighted by Crippen LogP contribution is -2.31. The first-order valence-corrected chi connectivity index (χ1v) is 10.3. The van der Waals surface area contributed by atoms with Crippen molar-refractivity contribution in [1.29, 1.82) is 0 Å². The van der Waals surface area contributed by atoms with Crippen LogP contribution in [0.15, 0.2) is 71.0 Å². The Morgan fingerprint density at radius 3 is 2.31 bits per heavy atom. The quantitative estimate of drug-likeness (QED) is 0.536. The van der Waals surface area contributed by atoms with Crippen molar-refractivity contribution in [3.8, 4) is 11.5 Å². The third-order valence-electron chi connectivity index (χ3n) is 5.37. The summed E-state index contributed by atoms with van der Waals surface area (Å²) in [5.41, 5.74) is 2.92.